The van der Waals surface area contributed by atoms with E-state index in [1.54, 1.807) is 0 Å². The quantitative estimate of drug-likeness (QED) is 0.134. The Hall–Kier alpha value is -0.112. The molecule has 8 unspecified atom stereocenters. The minimum atomic E-state index is -3.19. The lowest BCUT2D eigenvalue weighted by Crippen LogP contribution is -2.68. The first-order valence-electron chi connectivity index (χ1n) is 17.3. The molecule has 5 nitrogen and oxygen atoms in total. The molecule has 0 spiro atoms. The molecule has 0 radical (unpaired) electrons. The van der Waals surface area contributed by atoms with Crippen molar-refractivity contribution in [3.05, 3.63) is 30.3 Å². The van der Waals surface area contributed by atoms with Gasteiger partial charge in [-0.15, -0.1) is 0 Å². The second-order valence-corrected chi connectivity index (χ2v) is 32.6. The lowest BCUT2D eigenvalue weighted by Gasteiger charge is -2.45. The van der Waals surface area contributed by atoms with Gasteiger partial charge in [-0.25, -0.2) is 0 Å². The van der Waals surface area contributed by atoms with Gasteiger partial charge in [0, 0.05) is 5.19 Å². The maximum atomic E-state index is 7.60. The molecule has 8 atom stereocenters. The Balaban J connectivity index is 1.21. The average molecular weight is 647 g/mol. The molecule has 1 aromatic carbocycles. The summed E-state index contributed by atoms with van der Waals surface area (Å²) in [6.07, 6.45) is 14.9. The first-order chi connectivity index (χ1) is 19.9. The Morgan fingerprint density at radius 3 is 1.79 bits per heavy atom. The van der Waals surface area contributed by atoms with Crippen LogP contribution in [0.15, 0.2) is 30.3 Å². The molecular formula is C33H58O5Si4. The first kappa shape index (κ1) is 31.9. The highest BCUT2D eigenvalue weighted by Gasteiger charge is 2.55. The smallest absolute Gasteiger partial charge is 0.413 e. The van der Waals surface area contributed by atoms with Crippen LogP contribution in [-0.2, 0) is 21.8 Å². The summed E-state index contributed by atoms with van der Waals surface area (Å²) in [6, 6.07) is 14.4. The number of hydrogen-bond acceptors (Lipinski definition) is 5. The third kappa shape index (κ3) is 8.78. The normalized spacial score (nSPS) is 33.8. The van der Waals surface area contributed by atoms with Crippen LogP contribution >= 0.6 is 0 Å². The highest BCUT2D eigenvalue weighted by atomic mass is 28.5. The summed E-state index contributed by atoms with van der Waals surface area (Å²) in [5.41, 5.74) is 0. The Morgan fingerprint density at radius 1 is 0.643 bits per heavy atom. The fraction of sp³-hybridized carbons (Fsp3) is 0.818. The minimum Gasteiger partial charge on any atom is -0.413 e. The highest BCUT2D eigenvalue weighted by molar-refractivity contribution is 6.96. The van der Waals surface area contributed by atoms with Crippen LogP contribution in [0.2, 0.25) is 57.4 Å². The molecule has 2 heterocycles. The van der Waals surface area contributed by atoms with Gasteiger partial charge < -0.3 is 21.8 Å². The van der Waals surface area contributed by atoms with Gasteiger partial charge in [0.2, 0.25) is 0 Å². The van der Waals surface area contributed by atoms with Gasteiger partial charge >= 0.3 is 8.80 Å². The van der Waals surface area contributed by atoms with E-state index in [2.05, 4.69) is 69.6 Å². The number of rotatable bonds is 16. The van der Waals surface area contributed by atoms with Gasteiger partial charge in [-0.2, -0.15) is 0 Å². The molecule has 0 bridgehead atoms. The summed E-state index contributed by atoms with van der Waals surface area (Å²) < 4.78 is 34.2. The van der Waals surface area contributed by atoms with Crippen LogP contribution < -0.4 is 5.19 Å². The predicted molar refractivity (Wildman–Crippen MR) is 180 cm³/mol. The van der Waals surface area contributed by atoms with Gasteiger partial charge in [0.05, 0.1) is 24.9 Å². The molecule has 1 aromatic rings. The SMILES string of the molecule is C[Si](C)(CCC1CCC2CC2C1)O[Si](O[Si](C)(C)CCC1CCC2OC2C1)(O[Si](C)(C)CCC1CO1)c1ccccc1. The largest absolute Gasteiger partial charge is 0.505 e. The van der Waals surface area contributed by atoms with Gasteiger partial charge in [0.25, 0.3) is 0 Å². The fourth-order valence-electron chi connectivity index (χ4n) is 7.93. The van der Waals surface area contributed by atoms with Crippen LogP contribution in [0.25, 0.3) is 0 Å². The Labute approximate surface area is 260 Å². The van der Waals surface area contributed by atoms with Gasteiger partial charge in [-0.05, 0) is 126 Å². The van der Waals surface area contributed by atoms with Crippen molar-refractivity contribution in [1.29, 1.82) is 0 Å². The van der Waals surface area contributed by atoms with Crippen molar-refractivity contribution in [2.45, 2.75) is 140 Å². The molecular weight excluding hydrogens is 589 g/mol. The zero-order chi connectivity index (χ0) is 29.6. The summed E-state index contributed by atoms with van der Waals surface area (Å²) in [6.45, 7) is 15.4. The van der Waals surface area contributed by atoms with Crippen molar-refractivity contribution in [3.8, 4) is 0 Å². The molecule has 236 valence electrons. The minimum absolute atomic E-state index is 0.429. The molecule has 42 heavy (non-hydrogen) atoms. The van der Waals surface area contributed by atoms with E-state index in [1.807, 2.05) is 0 Å². The molecule has 6 rings (SSSR count). The highest BCUT2D eigenvalue weighted by Crippen LogP contribution is 2.52. The molecule has 3 saturated carbocycles. The second kappa shape index (κ2) is 12.6. The van der Waals surface area contributed by atoms with E-state index in [0.717, 1.165) is 48.8 Å². The van der Waals surface area contributed by atoms with Crippen LogP contribution in [0.4, 0.5) is 0 Å². The molecule has 0 aromatic heterocycles. The van der Waals surface area contributed by atoms with Gasteiger partial charge in [-0.1, -0.05) is 49.6 Å². The van der Waals surface area contributed by atoms with E-state index in [0.29, 0.717) is 18.3 Å². The average Bonchev–Trinajstić information content (AvgIpc) is 3.80. The van der Waals surface area contributed by atoms with Crippen molar-refractivity contribution in [1.82, 2.24) is 0 Å². The summed E-state index contributed by atoms with van der Waals surface area (Å²) in [5.74, 6) is 3.76. The number of hydrogen-bond donors (Lipinski definition) is 0. The topological polar surface area (TPSA) is 52.8 Å². The van der Waals surface area contributed by atoms with Crippen LogP contribution in [0.1, 0.15) is 64.2 Å². The van der Waals surface area contributed by atoms with Crippen molar-refractivity contribution in [2.24, 2.45) is 23.7 Å². The van der Waals surface area contributed by atoms with Crippen LogP contribution in [0.5, 0.6) is 0 Å². The van der Waals surface area contributed by atoms with Crippen LogP contribution in [0, 0.1) is 23.7 Å². The van der Waals surface area contributed by atoms with Crippen molar-refractivity contribution < 1.29 is 21.8 Å². The Bertz CT molecular complexity index is 1000. The second-order valence-electron chi connectivity index (χ2n) is 16.4. The Kier molecular flexibility index (Phi) is 9.55. The van der Waals surface area contributed by atoms with Crippen molar-refractivity contribution >= 4 is 38.9 Å². The van der Waals surface area contributed by atoms with E-state index in [-0.39, 0.29) is 0 Å². The fourth-order valence-corrected chi connectivity index (χ4v) is 24.8. The third-order valence-electron chi connectivity index (χ3n) is 10.9. The zero-order valence-corrected chi connectivity index (χ0v) is 31.4. The van der Waals surface area contributed by atoms with E-state index in [9.17, 15) is 0 Å². The molecule has 5 aliphatic rings. The van der Waals surface area contributed by atoms with Crippen molar-refractivity contribution in [2.75, 3.05) is 6.61 Å². The molecule has 9 heteroatoms. The number of ether oxygens (including phenoxy) is 2. The zero-order valence-electron chi connectivity index (χ0n) is 27.4. The summed E-state index contributed by atoms with van der Waals surface area (Å²) in [5, 5.41) is 1.18. The Morgan fingerprint density at radius 2 is 1.21 bits per heavy atom. The van der Waals surface area contributed by atoms with Gasteiger partial charge in [0.15, 0.2) is 25.0 Å². The molecule has 2 aliphatic heterocycles. The standard InChI is InChI=1S/C33H58O5Si4/c1-39(2,19-16-26-12-14-28-24-29(28)22-26)36-42(31-10-8-7-9-11-31,38-41(5,6)21-18-30-25-34-30)37-40(3,4)20-17-27-13-15-32-33(23-27)35-32/h7-11,26-30,32-33H,12-25H2,1-6H3. The molecule has 3 aliphatic carbocycles. The number of epoxide rings is 2. The molecule has 5 fully saturated rings. The van der Waals surface area contributed by atoms with Crippen molar-refractivity contribution in [3.63, 3.8) is 0 Å². The lowest BCUT2D eigenvalue weighted by atomic mass is 9.87. The first-order valence-corrected chi connectivity index (χ1v) is 28.4. The summed E-state index contributed by atoms with van der Waals surface area (Å²) in [4.78, 5) is 0. The number of fused-ring (bicyclic) bond motifs is 2. The molecule has 0 N–H and O–H groups in total. The maximum Gasteiger partial charge on any atom is 0.505 e. The van der Waals surface area contributed by atoms with E-state index in [1.165, 1.54) is 69.0 Å². The third-order valence-corrected chi connectivity index (χ3v) is 26.3. The van der Waals surface area contributed by atoms with Crippen LogP contribution in [-0.4, -0.2) is 58.7 Å². The van der Waals surface area contributed by atoms with E-state index in [4.69, 9.17) is 21.8 Å². The monoisotopic (exact) mass is 646 g/mol. The predicted octanol–water partition coefficient (Wildman–Crippen LogP) is 8.07. The summed E-state index contributed by atoms with van der Waals surface area (Å²) in [7, 11) is -9.50. The van der Waals surface area contributed by atoms with E-state index >= 15 is 0 Å². The number of benzene rings is 1. The van der Waals surface area contributed by atoms with Gasteiger partial charge in [0.1, 0.15) is 0 Å². The summed E-state index contributed by atoms with van der Waals surface area (Å²) >= 11 is 0. The van der Waals surface area contributed by atoms with E-state index < -0.39 is 33.8 Å². The van der Waals surface area contributed by atoms with Gasteiger partial charge in [-0.3, -0.25) is 0 Å². The molecule has 2 saturated heterocycles. The van der Waals surface area contributed by atoms with Crippen LogP contribution in [0.3, 0.4) is 0 Å². The maximum absolute atomic E-state index is 7.60. The lowest BCUT2D eigenvalue weighted by molar-refractivity contribution is 0.261. The molecule has 0 amide bonds.